The van der Waals surface area contributed by atoms with E-state index in [0.29, 0.717) is 24.2 Å². The molecule has 2 aliphatic rings. The Balaban J connectivity index is 1.66. The van der Waals surface area contributed by atoms with Gasteiger partial charge in [-0.1, -0.05) is 12.8 Å². The molecule has 5 heteroatoms. The Hall–Kier alpha value is -0.710. The van der Waals surface area contributed by atoms with E-state index >= 15 is 0 Å². The summed E-state index contributed by atoms with van der Waals surface area (Å²) in [4.78, 5) is 25.4. The first-order chi connectivity index (χ1) is 10.2. The topological polar surface area (TPSA) is 49.4 Å². The zero-order chi connectivity index (χ0) is 15.1. The second-order valence-corrected chi connectivity index (χ2v) is 7.34. The first-order valence-corrected chi connectivity index (χ1v) is 9.45. The van der Waals surface area contributed by atoms with Crippen molar-refractivity contribution in [1.82, 2.24) is 10.2 Å². The van der Waals surface area contributed by atoms with E-state index < -0.39 is 0 Å². The third-order valence-electron chi connectivity index (χ3n) is 4.63. The summed E-state index contributed by atoms with van der Waals surface area (Å²) in [6.07, 6.45) is 8.60. The third kappa shape index (κ3) is 5.20. The fraction of sp³-hybridized carbons (Fsp3) is 0.875. The highest BCUT2D eigenvalue weighted by Crippen LogP contribution is 2.35. The number of nitrogens with one attached hydrogen (secondary N) is 1. The molecule has 1 aliphatic heterocycles. The molecule has 4 nitrogen and oxygen atoms in total. The number of nitrogens with zero attached hydrogens (tertiary/aromatic N) is 1. The molecule has 0 radical (unpaired) electrons. The van der Waals surface area contributed by atoms with E-state index in [4.69, 9.17) is 0 Å². The molecule has 120 valence electrons. The molecule has 0 unspecified atom stereocenters. The predicted octanol–water partition coefficient (Wildman–Crippen LogP) is 2.43. The molecule has 0 aromatic rings. The van der Waals surface area contributed by atoms with Crippen LogP contribution in [0, 0.1) is 5.92 Å². The Bertz CT molecular complexity index is 360. The molecule has 1 saturated heterocycles. The molecular formula is C16H28N2O2S. The van der Waals surface area contributed by atoms with Crippen LogP contribution < -0.4 is 5.32 Å². The number of carbonyl (C=O) groups excluding carboxylic acids is 2. The Morgan fingerprint density at radius 1 is 1.19 bits per heavy atom. The van der Waals surface area contributed by atoms with Gasteiger partial charge in [0.05, 0.1) is 5.75 Å². The Morgan fingerprint density at radius 2 is 1.95 bits per heavy atom. The van der Waals surface area contributed by atoms with Crippen LogP contribution in [0.2, 0.25) is 0 Å². The lowest BCUT2D eigenvalue weighted by molar-refractivity contribution is -0.134. The van der Waals surface area contributed by atoms with Crippen molar-refractivity contribution in [2.24, 2.45) is 5.92 Å². The van der Waals surface area contributed by atoms with E-state index in [1.807, 2.05) is 0 Å². The SMILES string of the molecule is CC(=O)NCCCSCC(=O)N1CCC[C@@H]2CCCC[C@H]21. The fourth-order valence-corrected chi connectivity index (χ4v) is 4.45. The van der Waals surface area contributed by atoms with Gasteiger partial charge in [0.2, 0.25) is 11.8 Å². The zero-order valence-electron chi connectivity index (χ0n) is 13.1. The Morgan fingerprint density at radius 3 is 2.76 bits per heavy atom. The lowest BCUT2D eigenvalue weighted by Crippen LogP contribution is -2.50. The predicted molar refractivity (Wildman–Crippen MR) is 87.3 cm³/mol. The smallest absolute Gasteiger partial charge is 0.232 e. The summed E-state index contributed by atoms with van der Waals surface area (Å²) in [6, 6.07) is 0.528. The fourth-order valence-electron chi connectivity index (χ4n) is 3.62. The molecule has 0 bridgehead atoms. The summed E-state index contributed by atoms with van der Waals surface area (Å²) >= 11 is 1.70. The molecule has 0 aromatic carbocycles. The maximum atomic E-state index is 12.4. The maximum Gasteiger partial charge on any atom is 0.232 e. The number of hydrogen-bond donors (Lipinski definition) is 1. The number of rotatable bonds is 6. The van der Waals surface area contributed by atoms with E-state index in [1.165, 1.54) is 45.4 Å². The lowest BCUT2D eigenvalue weighted by Gasteiger charge is -2.44. The monoisotopic (exact) mass is 312 g/mol. The molecule has 1 aliphatic carbocycles. The van der Waals surface area contributed by atoms with Crippen molar-refractivity contribution >= 4 is 23.6 Å². The van der Waals surface area contributed by atoms with Gasteiger partial charge in [-0.15, -0.1) is 0 Å². The number of fused-ring (bicyclic) bond motifs is 1. The number of carbonyl (C=O) groups is 2. The van der Waals surface area contributed by atoms with E-state index in [-0.39, 0.29) is 5.91 Å². The highest BCUT2D eigenvalue weighted by Gasteiger charge is 2.35. The summed E-state index contributed by atoms with van der Waals surface area (Å²) in [6.45, 7) is 3.21. The Kier molecular flexibility index (Phi) is 6.87. The number of hydrogen-bond acceptors (Lipinski definition) is 3. The standard InChI is InChI=1S/C16H28N2O2S/c1-13(19)17-9-5-11-21-12-16(20)18-10-4-7-14-6-2-3-8-15(14)18/h14-15H,2-12H2,1H3,(H,17,19)/t14-,15+/m0/s1. The van der Waals surface area contributed by atoms with Crippen molar-refractivity contribution < 1.29 is 9.59 Å². The minimum atomic E-state index is 0.0210. The number of thioether (sulfide) groups is 1. The molecule has 1 N–H and O–H groups in total. The van der Waals surface area contributed by atoms with Crippen LogP contribution in [-0.2, 0) is 9.59 Å². The van der Waals surface area contributed by atoms with Crippen LogP contribution >= 0.6 is 11.8 Å². The van der Waals surface area contributed by atoms with Gasteiger partial charge in [-0.25, -0.2) is 0 Å². The average Bonchev–Trinajstić information content (AvgIpc) is 2.49. The van der Waals surface area contributed by atoms with Crippen molar-refractivity contribution in [2.75, 3.05) is 24.6 Å². The number of likely N-dealkylation sites (tertiary alicyclic amines) is 1. The van der Waals surface area contributed by atoms with Crippen LogP contribution in [0.4, 0.5) is 0 Å². The largest absolute Gasteiger partial charge is 0.356 e. The van der Waals surface area contributed by atoms with Crippen LogP contribution in [0.1, 0.15) is 51.9 Å². The average molecular weight is 312 g/mol. The maximum absolute atomic E-state index is 12.4. The van der Waals surface area contributed by atoms with Crippen molar-refractivity contribution in [3.8, 4) is 0 Å². The second kappa shape index (κ2) is 8.66. The first-order valence-electron chi connectivity index (χ1n) is 8.30. The summed E-state index contributed by atoms with van der Waals surface area (Å²) in [5.74, 6) is 2.65. The molecule has 21 heavy (non-hydrogen) atoms. The lowest BCUT2D eigenvalue weighted by atomic mass is 9.78. The number of amides is 2. The van der Waals surface area contributed by atoms with Gasteiger partial charge >= 0.3 is 0 Å². The van der Waals surface area contributed by atoms with E-state index in [1.54, 1.807) is 11.8 Å². The van der Waals surface area contributed by atoms with Gasteiger partial charge in [-0.2, -0.15) is 11.8 Å². The molecule has 2 atom stereocenters. The van der Waals surface area contributed by atoms with Gasteiger partial charge in [0.25, 0.3) is 0 Å². The zero-order valence-corrected chi connectivity index (χ0v) is 13.9. The van der Waals surface area contributed by atoms with Crippen molar-refractivity contribution in [3.05, 3.63) is 0 Å². The molecule has 0 spiro atoms. The van der Waals surface area contributed by atoms with E-state index in [2.05, 4.69) is 10.2 Å². The van der Waals surface area contributed by atoms with Gasteiger partial charge in [0.15, 0.2) is 0 Å². The summed E-state index contributed by atoms with van der Waals surface area (Å²) < 4.78 is 0. The third-order valence-corrected chi connectivity index (χ3v) is 5.66. The quantitative estimate of drug-likeness (QED) is 0.766. The highest BCUT2D eigenvalue weighted by molar-refractivity contribution is 7.99. The highest BCUT2D eigenvalue weighted by atomic mass is 32.2. The van der Waals surface area contributed by atoms with E-state index in [9.17, 15) is 9.59 Å². The molecule has 2 rings (SSSR count). The minimum absolute atomic E-state index is 0.0210. The molecular weight excluding hydrogens is 284 g/mol. The van der Waals surface area contributed by atoms with Crippen LogP contribution in [0.3, 0.4) is 0 Å². The van der Waals surface area contributed by atoms with Crippen LogP contribution in [-0.4, -0.2) is 47.4 Å². The summed E-state index contributed by atoms with van der Waals surface area (Å²) in [5.41, 5.74) is 0. The normalized spacial score (nSPS) is 25.3. The summed E-state index contributed by atoms with van der Waals surface area (Å²) in [5, 5.41) is 2.79. The van der Waals surface area contributed by atoms with Crippen LogP contribution in [0.15, 0.2) is 0 Å². The Labute approximate surface area is 132 Å². The first kappa shape index (κ1) is 16.7. The van der Waals surface area contributed by atoms with E-state index in [0.717, 1.165) is 24.6 Å². The molecule has 2 amide bonds. The van der Waals surface area contributed by atoms with Crippen LogP contribution in [0.5, 0.6) is 0 Å². The minimum Gasteiger partial charge on any atom is -0.356 e. The van der Waals surface area contributed by atoms with Gasteiger partial charge in [0, 0.05) is 26.1 Å². The van der Waals surface area contributed by atoms with Crippen molar-refractivity contribution in [1.29, 1.82) is 0 Å². The summed E-state index contributed by atoms with van der Waals surface area (Å²) in [7, 11) is 0. The number of piperidine rings is 1. The van der Waals surface area contributed by atoms with Gasteiger partial charge in [-0.3, -0.25) is 9.59 Å². The molecule has 2 fully saturated rings. The van der Waals surface area contributed by atoms with Gasteiger partial charge in [-0.05, 0) is 43.8 Å². The second-order valence-electron chi connectivity index (χ2n) is 6.23. The van der Waals surface area contributed by atoms with Crippen molar-refractivity contribution in [2.45, 2.75) is 57.9 Å². The molecule has 0 aromatic heterocycles. The van der Waals surface area contributed by atoms with Gasteiger partial charge < -0.3 is 10.2 Å². The molecule has 1 saturated carbocycles. The van der Waals surface area contributed by atoms with Crippen LogP contribution in [0.25, 0.3) is 0 Å². The van der Waals surface area contributed by atoms with Gasteiger partial charge in [0.1, 0.15) is 0 Å². The molecule has 1 heterocycles. The van der Waals surface area contributed by atoms with Crippen molar-refractivity contribution in [3.63, 3.8) is 0 Å².